The number of allylic oxidation sites excluding steroid dienone is 6. The molecule has 2 saturated heterocycles. The van der Waals surface area contributed by atoms with Crippen molar-refractivity contribution in [2.24, 2.45) is 29.6 Å². The highest BCUT2D eigenvalue weighted by atomic mass is 16.6. The Morgan fingerprint density at radius 2 is 1.37 bits per heavy atom. The molecule has 31 heteroatoms. The Bertz CT molecular complexity index is 4270. The molecule has 2 aromatic carbocycles. The Morgan fingerprint density at radius 1 is 0.697 bits per heavy atom. The van der Waals surface area contributed by atoms with E-state index in [1.54, 1.807) is 20.3 Å². The van der Waals surface area contributed by atoms with E-state index < -0.39 is 53.9 Å². The van der Waals surface area contributed by atoms with E-state index in [-0.39, 0.29) is 98.5 Å². The van der Waals surface area contributed by atoms with Crippen molar-refractivity contribution in [1.29, 1.82) is 0 Å². The molecule has 672 valence electrons. The van der Waals surface area contributed by atoms with Gasteiger partial charge in [0.1, 0.15) is 47.4 Å². The molecule has 5 aromatic rings. The first kappa shape index (κ1) is 95.8. The Hall–Kier alpha value is -8.44. The van der Waals surface area contributed by atoms with Crippen molar-refractivity contribution in [2.75, 3.05) is 151 Å². The van der Waals surface area contributed by atoms with Gasteiger partial charge < -0.3 is 97.7 Å². The average Bonchev–Trinajstić information content (AvgIpc) is 1.60. The highest BCUT2D eigenvalue weighted by Gasteiger charge is 2.50. The van der Waals surface area contributed by atoms with Crippen molar-refractivity contribution >= 4 is 69.4 Å². The molecule has 0 radical (unpaired) electrons. The number of esters is 1. The molecule has 3 fully saturated rings. The number of carbonyl (C=O) groups is 6. The van der Waals surface area contributed by atoms with Crippen LogP contribution >= 0.6 is 0 Å². The number of hydrogen-bond acceptors (Lipinski definition) is 27. The Labute approximate surface area is 717 Å². The highest BCUT2D eigenvalue weighted by molar-refractivity contribution is 6.39. The quantitative estimate of drug-likeness (QED) is 0.0125. The van der Waals surface area contributed by atoms with Gasteiger partial charge in [0.2, 0.25) is 11.7 Å². The predicted molar refractivity (Wildman–Crippen MR) is 458 cm³/mol. The third-order valence-electron chi connectivity index (χ3n) is 23.6. The molecular formula is C91H132N10O21. The lowest BCUT2D eigenvalue weighted by molar-refractivity contribution is -0.245. The molecule has 10 rings (SSSR count). The molecule has 2 bridgehead atoms. The first-order valence-corrected chi connectivity index (χ1v) is 43.9. The fourth-order valence-electron chi connectivity index (χ4n) is 16.8. The first-order chi connectivity index (χ1) is 59.1. The normalized spacial score (nSPS) is 24.6. The number of cyclic esters (lactones) is 1. The van der Waals surface area contributed by atoms with Crippen LogP contribution in [0.25, 0.3) is 33.4 Å². The minimum atomic E-state index is -2.36. The number of oxazole rings is 1. The highest BCUT2D eigenvalue weighted by Crippen LogP contribution is 2.38. The zero-order valence-corrected chi connectivity index (χ0v) is 72.8. The third-order valence-corrected chi connectivity index (χ3v) is 23.6. The molecule has 1 aliphatic carbocycles. The van der Waals surface area contributed by atoms with E-state index in [1.165, 1.54) is 16.8 Å². The number of methoxy groups -OCH3 is 2. The number of alkyl carbamates (subject to hydrolysis) is 1. The number of anilines is 2. The molecule has 1 saturated carbocycles. The van der Waals surface area contributed by atoms with Gasteiger partial charge in [-0.2, -0.15) is 10.1 Å². The molecule has 5 aliphatic rings. The van der Waals surface area contributed by atoms with Gasteiger partial charge in [-0.3, -0.25) is 19.2 Å². The Morgan fingerprint density at radius 3 is 2.05 bits per heavy atom. The summed E-state index contributed by atoms with van der Waals surface area (Å²) in [4.78, 5) is 99.1. The molecular weight excluding hydrogens is 1570 g/mol. The third kappa shape index (κ3) is 29.6. The molecule has 6 N–H and O–H groups in total. The largest absolute Gasteiger partial charge is 0.461 e. The number of nitrogens with one attached hydrogen (secondary N) is 1. The van der Waals surface area contributed by atoms with Gasteiger partial charge in [0.05, 0.1) is 142 Å². The van der Waals surface area contributed by atoms with Crippen molar-refractivity contribution in [3.63, 3.8) is 0 Å². The lowest BCUT2D eigenvalue weighted by Crippen LogP contribution is -2.58. The molecule has 3 amide bonds. The van der Waals surface area contributed by atoms with Crippen LogP contribution in [0.2, 0.25) is 0 Å². The maximum atomic E-state index is 14.6. The zero-order chi connectivity index (χ0) is 86.8. The van der Waals surface area contributed by atoms with Gasteiger partial charge in [-0.05, 0) is 173 Å². The molecule has 122 heavy (non-hydrogen) atoms. The minimum absolute atomic E-state index is 0.0307. The Balaban J connectivity index is 0.528. The maximum absolute atomic E-state index is 14.6. The van der Waals surface area contributed by atoms with E-state index >= 15 is 0 Å². The number of aliphatic hydroxyl groups is 1. The SMILES string of the molecule is CO[C@H]1CC(=O)[C@H](C)C[C@H](C)/C=C/C=CC=C(C)[C@@H](OC)C[C@@H]2CCC[C@@](O)(O2)C(=O)C(=O)N2CCCC[C@H]2C(=O)O[C@H]([C@H](C)CC2CCC(OC(=O)NCCOCCOCCOCCOCCOCCOCCOCCOCCC(=O)N3CCc4cc(Cn5nc(-c6ccc7oc(N)nc7c6)c6c(N)ncnc65)ccc4C3)CC2)CC[C@H](C)C=C1C. The molecule has 3 aromatic heterocycles. The lowest BCUT2D eigenvalue weighted by Gasteiger charge is -2.40. The number of hydrogen-bond donors (Lipinski definition) is 4. The van der Waals surface area contributed by atoms with Crippen LogP contribution in [0.15, 0.2) is 94.7 Å². The molecule has 7 heterocycles. The number of nitrogens with two attached hydrogens (primary N) is 2. The van der Waals surface area contributed by atoms with Gasteiger partial charge in [-0.25, -0.2) is 24.2 Å². The van der Waals surface area contributed by atoms with Crippen LogP contribution < -0.4 is 16.8 Å². The first-order valence-electron chi connectivity index (χ1n) is 43.9. The monoisotopic (exact) mass is 1700 g/mol. The number of Topliss-reactive ketones (excluding diaryl/α,β-unsaturated/α-hetero) is 2. The second-order valence-electron chi connectivity index (χ2n) is 33.0. The smallest absolute Gasteiger partial charge is 0.407 e. The van der Waals surface area contributed by atoms with Crippen LogP contribution in [0.5, 0.6) is 0 Å². The van der Waals surface area contributed by atoms with Crippen LogP contribution in [0.1, 0.15) is 167 Å². The van der Waals surface area contributed by atoms with Crippen LogP contribution in [0.4, 0.5) is 16.6 Å². The number of aromatic nitrogens is 5. The van der Waals surface area contributed by atoms with Crippen molar-refractivity contribution in [3.8, 4) is 11.3 Å². The van der Waals surface area contributed by atoms with Crippen molar-refractivity contribution in [2.45, 2.75) is 213 Å². The zero-order valence-electron chi connectivity index (χ0n) is 72.8. The summed E-state index contributed by atoms with van der Waals surface area (Å²) in [5, 5.41) is 20.2. The lowest BCUT2D eigenvalue weighted by atomic mass is 9.79. The molecule has 0 unspecified atom stereocenters. The van der Waals surface area contributed by atoms with E-state index in [0.29, 0.717) is 223 Å². The number of rotatable bonds is 36. The Kier molecular flexibility index (Phi) is 39.2. The average molecular weight is 1700 g/mol. The second-order valence-corrected chi connectivity index (χ2v) is 33.0. The van der Waals surface area contributed by atoms with Crippen LogP contribution in [0.3, 0.4) is 0 Å². The minimum Gasteiger partial charge on any atom is -0.461 e. The second kappa shape index (κ2) is 49.9. The van der Waals surface area contributed by atoms with E-state index in [2.05, 4.69) is 71.4 Å². The van der Waals surface area contributed by atoms with Gasteiger partial charge in [0.15, 0.2) is 11.2 Å². The molecule has 10 atom stereocenters. The van der Waals surface area contributed by atoms with E-state index in [0.717, 1.165) is 53.5 Å². The number of amides is 3. The maximum Gasteiger partial charge on any atom is 0.407 e. The number of benzene rings is 2. The number of ether oxygens (including phenoxy) is 13. The summed E-state index contributed by atoms with van der Waals surface area (Å²) in [6, 6.07) is 10.9. The van der Waals surface area contributed by atoms with Gasteiger partial charge in [0.25, 0.3) is 17.7 Å². The predicted octanol–water partition coefficient (Wildman–Crippen LogP) is 11.2. The number of carbonyl (C=O) groups excluding carboxylic acids is 6. The summed E-state index contributed by atoms with van der Waals surface area (Å²) in [5.74, 6) is -4.28. The summed E-state index contributed by atoms with van der Waals surface area (Å²) in [6.45, 7) is 20.5. The molecule has 0 spiro atoms. The van der Waals surface area contributed by atoms with Crippen molar-refractivity contribution in [3.05, 3.63) is 107 Å². The number of nitrogens with zero attached hydrogens (tertiary/aromatic N) is 7. The van der Waals surface area contributed by atoms with E-state index in [1.807, 2.05) is 66.8 Å². The summed E-state index contributed by atoms with van der Waals surface area (Å²) >= 11 is 0. The fraction of sp³-hybridized carbons (Fsp3) is 0.648. The van der Waals surface area contributed by atoms with E-state index in [4.69, 9.17) is 82.6 Å². The molecule has 4 aliphatic heterocycles. The number of nitrogen functional groups attached to an aromatic ring is 2. The van der Waals surface area contributed by atoms with Gasteiger partial charge in [0, 0.05) is 71.1 Å². The van der Waals surface area contributed by atoms with Gasteiger partial charge in [-0.15, -0.1) is 0 Å². The number of piperidine rings is 1. The number of ketones is 2. The van der Waals surface area contributed by atoms with E-state index in [9.17, 15) is 33.9 Å². The van der Waals surface area contributed by atoms with Crippen LogP contribution in [-0.4, -0.2) is 257 Å². The topological polar surface area (TPSA) is 383 Å². The summed E-state index contributed by atoms with van der Waals surface area (Å²) in [6.07, 6.45) is 20.5. The van der Waals surface area contributed by atoms with Gasteiger partial charge >= 0.3 is 12.1 Å². The van der Waals surface area contributed by atoms with Crippen LogP contribution in [-0.2, 0) is 105 Å². The van der Waals surface area contributed by atoms with Crippen LogP contribution in [0, 0.1) is 29.6 Å². The summed E-state index contributed by atoms with van der Waals surface area (Å²) in [5.41, 5.74) is 20.6. The van der Waals surface area contributed by atoms with Crippen molar-refractivity contribution < 1.29 is 99.9 Å². The van der Waals surface area contributed by atoms with Gasteiger partial charge in [-0.1, -0.05) is 82.4 Å². The fourth-order valence-corrected chi connectivity index (χ4v) is 16.8. The molecule has 31 nitrogen and oxygen atoms in total. The van der Waals surface area contributed by atoms with Crippen molar-refractivity contribution in [1.82, 2.24) is 39.8 Å². The standard InChI is InChI=1S/C91H132N10O21/c1-61-15-10-9-11-16-63(3)79(109-7)56-73-17-14-31-91(108,122-73)84(104)87(105)100-33-13-12-18-75(100)88(106)120-77(27-19-62(2)52-65(5)80(110-8)57-76(102)64(4)51-61)66(6)53-67-21-25-72(26-22-67)119-90(107)94-32-36-112-38-40-114-42-44-116-46-48-118-50-49-117-47-45-115-43-41-113-39-37-111-35-30-81(103)99-34-29-69-54-68(20-23-71(69)59-99)58-101-86-82(85(92)95-60-96-86)83(98-101)70-24-28-78-74(55-70)97-89(93)121-78/h9-11,15-16,20,23-24,28,52,54-55,60-62,64,66-67,72-73,75,77,79-80,108H,12-14,17-19,21-22,25-27,29-51,53,56-59H2,1-8H3,(H2,93,97)(H,94,107)(H2,92,95,96)/b11-9?,15-10+,63-16?,65-52?/t61-,62+,64-,66-,67?,72?,73+,75+,77+,79+,80+,91-/m1/s1. The summed E-state index contributed by atoms with van der Waals surface area (Å²) in [7, 11) is 3.23. The number of fused-ring (bicyclic) bond motifs is 6. The summed E-state index contributed by atoms with van der Waals surface area (Å²) < 4.78 is 82.7.